The molecule has 5 aromatic rings. The Hall–Kier alpha value is -4.72. The van der Waals surface area contributed by atoms with Crippen LogP contribution in [0.3, 0.4) is 0 Å². The summed E-state index contributed by atoms with van der Waals surface area (Å²) < 4.78 is 11.5. The molecule has 0 bridgehead atoms. The lowest BCUT2D eigenvalue weighted by molar-refractivity contribution is 0.102. The number of benzene rings is 3. The molecule has 0 saturated heterocycles. The lowest BCUT2D eigenvalue weighted by atomic mass is 10.1. The highest BCUT2D eigenvalue weighted by Gasteiger charge is 2.20. The van der Waals surface area contributed by atoms with E-state index >= 15 is 0 Å². The van der Waals surface area contributed by atoms with Crippen LogP contribution in [0.25, 0.3) is 5.69 Å². The Kier molecular flexibility index (Phi) is 7.07. The smallest absolute Gasteiger partial charge is 0.278 e. The van der Waals surface area contributed by atoms with Crippen LogP contribution in [-0.4, -0.2) is 32.5 Å². The molecule has 0 spiro atoms. The molecule has 2 aromatic heterocycles. The van der Waals surface area contributed by atoms with E-state index in [0.717, 1.165) is 28.5 Å². The Labute approximate surface area is 214 Å². The lowest BCUT2D eigenvalue weighted by Crippen LogP contribution is -2.15. The molecule has 186 valence electrons. The van der Waals surface area contributed by atoms with Gasteiger partial charge in [0.05, 0.1) is 18.0 Å². The molecule has 8 heteroatoms. The molecular weight excluding hydrogens is 466 g/mol. The number of carbonyl (C=O) groups is 1. The van der Waals surface area contributed by atoms with Crippen molar-refractivity contribution in [3.8, 4) is 11.4 Å². The third-order valence-electron chi connectivity index (χ3n) is 5.79. The number of rotatable bonds is 9. The van der Waals surface area contributed by atoms with Crippen molar-refractivity contribution >= 4 is 11.6 Å². The molecule has 0 unspecified atom stereocenters. The summed E-state index contributed by atoms with van der Waals surface area (Å²) in [6, 6.07) is 26.6. The quantitative estimate of drug-likeness (QED) is 0.298. The second kappa shape index (κ2) is 10.9. The minimum absolute atomic E-state index is 0.274. The Morgan fingerprint density at radius 1 is 0.919 bits per heavy atom. The van der Waals surface area contributed by atoms with E-state index in [2.05, 4.69) is 20.5 Å². The molecule has 1 N–H and O–H groups in total. The fraction of sp³-hybridized carbons (Fsp3) is 0.172. The highest BCUT2D eigenvalue weighted by atomic mass is 16.5. The minimum atomic E-state index is -0.311. The van der Waals surface area contributed by atoms with Gasteiger partial charge in [-0.15, -0.1) is 5.10 Å². The van der Waals surface area contributed by atoms with Crippen molar-refractivity contribution in [2.24, 2.45) is 0 Å². The number of oxazole rings is 1. The van der Waals surface area contributed by atoms with Gasteiger partial charge >= 0.3 is 0 Å². The number of ether oxygens (including phenoxy) is 1. The molecule has 0 fully saturated rings. The minimum Gasteiger partial charge on any atom is -0.493 e. The molecule has 0 atom stereocenters. The first-order chi connectivity index (χ1) is 18.0. The van der Waals surface area contributed by atoms with E-state index in [9.17, 15) is 4.79 Å². The maximum atomic E-state index is 13.2. The first-order valence-corrected chi connectivity index (χ1v) is 12.1. The van der Waals surface area contributed by atoms with Crippen LogP contribution in [0.4, 0.5) is 5.69 Å². The predicted octanol–water partition coefficient (Wildman–Crippen LogP) is 5.34. The van der Waals surface area contributed by atoms with Crippen molar-refractivity contribution in [1.82, 2.24) is 20.0 Å². The number of anilines is 1. The van der Waals surface area contributed by atoms with Gasteiger partial charge in [-0.25, -0.2) is 4.98 Å². The van der Waals surface area contributed by atoms with Crippen molar-refractivity contribution in [3.63, 3.8) is 0 Å². The molecule has 0 aliphatic rings. The van der Waals surface area contributed by atoms with Crippen LogP contribution in [0.5, 0.6) is 5.75 Å². The highest BCUT2D eigenvalue weighted by molar-refractivity contribution is 6.03. The number of para-hydroxylation sites is 2. The van der Waals surface area contributed by atoms with Crippen molar-refractivity contribution < 1.29 is 13.9 Å². The highest BCUT2D eigenvalue weighted by Crippen LogP contribution is 2.20. The van der Waals surface area contributed by atoms with E-state index in [1.54, 1.807) is 0 Å². The van der Waals surface area contributed by atoms with Crippen molar-refractivity contribution in [3.05, 3.63) is 119 Å². The standard InChI is InChI=1S/C29H27N5O3/c1-20-26(30-21(2)37-20)16-17-36-25-15-9-10-22(18-25)19-27-28(29(35)31-23-11-5-3-6-12-23)33-34(32-27)24-13-7-4-8-14-24/h3-15,18H,16-17,19H2,1-2H3,(H,31,35). The Morgan fingerprint density at radius 3 is 2.41 bits per heavy atom. The summed E-state index contributed by atoms with van der Waals surface area (Å²) in [5.41, 5.74) is 4.18. The number of carbonyl (C=O) groups excluding carboxylic acids is 1. The van der Waals surface area contributed by atoms with Gasteiger partial charge in [-0.3, -0.25) is 4.79 Å². The van der Waals surface area contributed by atoms with Gasteiger partial charge in [0.15, 0.2) is 11.6 Å². The Bertz CT molecular complexity index is 1490. The zero-order valence-electron chi connectivity index (χ0n) is 20.7. The first kappa shape index (κ1) is 24.0. The van der Waals surface area contributed by atoms with Crippen molar-refractivity contribution in [2.75, 3.05) is 11.9 Å². The summed E-state index contributed by atoms with van der Waals surface area (Å²) in [6.45, 7) is 4.22. The van der Waals surface area contributed by atoms with E-state index < -0.39 is 0 Å². The fourth-order valence-electron chi connectivity index (χ4n) is 4.03. The van der Waals surface area contributed by atoms with Gasteiger partial charge in [0.25, 0.3) is 5.91 Å². The molecule has 3 aromatic carbocycles. The molecule has 0 aliphatic heterocycles. The van der Waals surface area contributed by atoms with Crippen LogP contribution in [0.2, 0.25) is 0 Å². The average Bonchev–Trinajstić information content (AvgIpc) is 3.47. The summed E-state index contributed by atoms with van der Waals surface area (Å²) >= 11 is 0. The van der Waals surface area contributed by atoms with Gasteiger partial charge in [0.2, 0.25) is 0 Å². The van der Waals surface area contributed by atoms with Crippen LogP contribution >= 0.6 is 0 Å². The molecule has 0 saturated carbocycles. The zero-order chi connectivity index (χ0) is 25.6. The Morgan fingerprint density at radius 2 is 1.68 bits per heavy atom. The molecule has 8 nitrogen and oxygen atoms in total. The van der Waals surface area contributed by atoms with Gasteiger partial charge < -0.3 is 14.5 Å². The van der Waals surface area contributed by atoms with Crippen LogP contribution in [0, 0.1) is 13.8 Å². The number of nitrogens with one attached hydrogen (secondary N) is 1. The zero-order valence-corrected chi connectivity index (χ0v) is 20.7. The molecule has 1 amide bonds. The number of aromatic nitrogens is 4. The van der Waals surface area contributed by atoms with Gasteiger partial charge in [0, 0.05) is 25.5 Å². The van der Waals surface area contributed by atoms with Gasteiger partial charge in [-0.1, -0.05) is 48.5 Å². The lowest BCUT2D eigenvalue weighted by Gasteiger charge is -2.08. The number of nitrogens with zero attached hydrogens (tertiary/aromatic N) is 4. The molecular formula is C29H27N5O3. The van der Waals surface area contributed by atoms with Crippen LogP contribution in [-0.2, 0) is 12.8 Å². The SMILES string of the molecule is Cc1nc(CCOc2cccc(Cc3nn(-c4ccccc4)nc3C(=O)Nc3ccccc3)c2)c(C)o1. The predicted molar refractivity (Wildman–Crippen MR) is 140 cm³/mol. The normalized spacial score (nSPS) is 10.9. The molecule has 37 heavy (non-hydrogen) atoms. The monoisotopic (exact) mass is 493 g/mol. The second-order valence-electron chi connectivity index (χ2n) is 8.60. The first-order valence-electron chi connectivity index (χ1n) is 12.1. The van der Waals surface area contributed by atoms with E-state index in [1.807, 2.05) is 98.8 Å². The Balaban J connectivity index is 1.35. The van der Waals surface area contributed by atoms with E-state index in [-0.39, 0.29) is 11.6 Å². The van der Waals surface area contributed by atoms with E-state index in [0.29, 0.717) is 36.7 Å². The van der Waals surface area contributed by atoms with Crippen LogP contribution in [0.1, 0.15) is 39.1 Å². The summed E-state index contributed by atoms with van der Waals surface area (Å²) in [6.07, 6.45) is 1.08. The van der Waals surface area contributed by atoms with Crippen molar-refractivity contribution in [2.45, 2.75) is 26.7 Å². The summed E-state index contributed by atoms with van der Waals surface area (Å²) in [5.74, 6) is 1.90. The molecule has 0 aliphatic carbocycles. The maximum absolute atomic E-state index is 13.2. The number of amides is 1. The summed E-state index contributed by atoms with van der Waals surface area (Å²) in [5, 5.41) is 12.1. The van der Waals surface area contributed by atoms with Crippen LogP contribution in [0.15, 0.2) is 89.3 Å². The average molecular weight is 494 g/mol. The topological polar surface area (TPSA) is 95.1 Å². The molecule has 0 radical (unpaired) electrons. The van der Waals surface area contributed by atoms with E-state index in [1.165, 1.54) is 4.80 Å². The summed E-state index contributed by atoms with van der Waals surface area (Å²) in [7, 11) is 0. The largest absolute Gasteiger partial charge is 0.493 e. The number of hydrogen-bond acceptors (Lipinski definition) is 6. The van der Waals surface area contributed by atoms with Crippen molar-refractivity contribution in [1.29, 1.82) is 0 Å². The second-order valence-corrected chi connectivity index (χ2v) is 8.60. The number of hydrogen-bond donors (Lipinski definition) is 1. The molecule has 5 rings (SSSR count). The van der Waals surface area contributed by atoms with Crippen LogP contribution < -0.4 is 10.1 Å². The van der Waals surface area contributed by atoms with Gasteiger partial charge in [-0.2, -0.15) is 9.90 Å². The molecule has 2 heterocycles. The van der Waals surface area contributed by atoms with Gasteiger partial charge in [0.1, 0.15) is 17.2 Å². The third-order valence-corrected chi connectivity index (χ3v) is 5.79. The summed E-state index contributed by atoms with van der Waals surface area (Å²) in [4.78, 5) is 19.1. The maximum Gasteiger partial charge on any atom is 0.278 e. The fourth-order valence-corrected chi connectivity index (χ4v) is 4.03. The van der Waals surface area contributed by atoms with Gasteiger partial charge in [-0.05, 0) is 48.9 Å². The van der Waals surface area contributed by atoms with E-state index in [4.69, 9.17) is 9.15 Å². The number of aryl methyl sites for hydroxylation is 2. The third kappa shape index (κ3) is 5.92.